The summed E-state index contributed by atoms with van der Waals surface area (Å²) in [7, 11) is 1.72. The number of carbonyl (C=O) groups is 2. The molecule has 1 rings (SSSR count). The Hall–Kier alpha value is -1.98. The molecule has 1 atom stereocenters. The fourth-order valence-electron chi connectivity index (χ4n) is 1.59. The SMILES string of the molecule is CN(CCCCC=O)/C(=C/C1C=NC=N1)C(=O)O. The molecular formula is C12H17N3O3. The maximum Gasteiger partial charge on any atom is 0.351 e. The Kier molecular flexibility index (Phi) is 5.76. The normalized spacial score (nSPS) is 18.1. The van der Waals surface area contributed by atoms with Crippen LogP contribution >= 0.6 is 0 Å². The molecule has 1 aliphatic heterocycles. The Balaban J connectivity index is 2.55. The van der Waals surface area contributed by atoms with Gasteiger partial charge in [-0.25, -0.2) is 9.79 Å². The summed E-state index contributed by atoms with van der Waals surface area (Å²) < 4.78 is 0. The van der Waals surface area contributed by atoms with Gasteiger partial charge in [0.05, 0.1) is 0 Å². The van der Waals surface area contributed by atoms with Crippen molar-refractivity contribution in [1.29, 1.82) is 0 Å². The highest BCUT2D eigenvalue weighted by Gasteiger charge is 2.15. The van der Waals surface area contributed by atoms with Crippen LogP contribution in [0.4, 0.5) is 0 Å². The van der Waals surface area contributed by atoms with Crippen LogP contribution < -0.4 is 0 Å². The van der Waals surface area contributed by atoms with Crippen molar-refractivity contribution < 1.29 is 14.7 Å². The van der Waals surface area contributed by atoms with Crippen LogP contribution in [0, 0.1) is 0 Å². The summed E-state index contributed by atoms with van der Waals surface area (Å²) in [5.74, 6) is -0.983. The van der Waals surface area contributed by atoms with Gasteiger partial charge < -0.3 is 14.8 Å². The number of aldehydes is 1. The van der Waals surface area contributed by atoms with Crippen LogP contribution in [-0.2, 0) is 9.59 Å². The number of hydrogen-bond acceptors (Lipinski definition) is 5. The monoisotopic (exact) mass is 251 g/mol. The van der Waals surface area contributed by atoms with Crippen LogP contribution in [0.1, 0.15) is 19.3 Å². The van der Waals surface area contributed by atoms with Crippen molar-refractivity contribution in [2.24, 2.45) is 9.98 Å². The molecule has 0 aromatic rings. The number of likely N-dealkylation sites (N-methyl/N-ethyl adjacent to an activating group) is 1. The summed E-state index contributed by atoms with van der Waals surface area (Å²) in [5, 5.41) is 9.14. The first-order valence-electron chi connectivity index (χ1n) is 5.80. The van der Waals surface area contributed by atoms with E-state index in [0.717, 1.165) is 19.1 Å². The zero-order chi connectivity index (χ0) is 13.4. The van der Waals surface area contributed by atoms with Crippen LogP contribution in [0.5, 0.6) is 0 Å². The predicted octanol–water partition coefficient (Wildman–Crippen LogP) is 0.737. The molecule has 0 fully saturated rings. The molecule has 1 heterocycles. The van der Waals surface area contributed by atoms with Gasteiger partial charge in [-0.15, -0.1) is 0 Å². The summed E-state index contributed by atoms with van der Waals surface area (Å²) in [6.07, 6.45) is 7.49. The maximum absolute atomic E-state index is 11.2. The van der Waals surface area contributed by atoms with Gasteiger partial charge in [0, 0.05) is 26.2 Å². The van der Waals surface area contributed by atoms with E-state index >= 15 is 0 Å². The summed E-state index contributed by atoms with van der Waals surface area (Å²) >= 11 is 0. The lowest BCUT2D eigenvalue weighted by Crippen LogP contribution is -2.26. The van der Waals surface area contributed by atoms with Gasteiger partial charge in [-0.2, -0.15) is 0 Å². The number of rotatable bonds is 8. The van der Waals surface area contributed by atoms with Crippen LogP contribution in [0.2, 0.25) is 0 Å². The lowest BCUT2D eigenvalue weighted by atomic mass is 10.2. The van der Waals surface area contributed by atoms with Crippen molar-refractivity contribution in [2.75, 3.05) is 13.6 Å². The van der Waals surface area contributed by atoms with Gasteiger partial charge in [0.25, 0.3) is 0 Å². The second-order valence-electron chi connectivity index (χ2n) is 3.99. The third-order valence-corrected chi connectivity index (χ3v) is 2.57. The number of carbonyl (C=O) groups excluding carboxylic acids is 1. The van der Waals surface area contributed by atoms with Gasteiger partial charge in [-0.3, -0.25) is 4.99 Å². The molecule has 0 bridgehead atoms. The van der Waals surface area contributed by atoms with Crippen molar-refractivity contribution in [3.63, 3.8) is 0 Å². The molecule has 1 unspecified atom stereocenters. The van der Waals surface area contributed by atoms with E-state index in [9.17, 15) is 9.59 Å². The quantitative estimate of drug-likeness (QED) is 0.392. The first kappa shape index (κ1) is 14.1. The number of carboxylic acids is 1. The van der Waals surface area contributed by atoms with Crippen molar-refractivity contribution in [3.8, 4) is 0 Å². The van der Waals surface area contributed by atoms with Gasteiger partial charge in [0.15, 0.2) is 0 Å². The second-order valence-corrected chi connectivity index (χ2v) is 3.99. The maximum atomic E-state index is 11.2. The first-order valence-corrected chi connectivity index (χ1v) is 5.80. The molecule has 6 heteroatoms. The van der Waals surface area contributed by atoms with Crippen LogP contribution in [0.3, 0.4) is 0 Å². The predicted molar refractivity (Wildman–Crippen MR) is 69.0 cm³/mol. The van der Waals surface area contributed by atoms with E-state index in [-0.39, 0.29) is 11.7 Å². The number of aliphatic imine (C=N–C) groups is 2. The Morgan fingerprint density at radius 1 is 1.50 bits per heavy atom. The van der Waals surface area contributed by atoms with E-state index < -0.39 is 5.97 Å². The van der Waals surface area contributed by atoms with E-state index in [1.807, 2.05) is 0 Å². The van der Waals surface area contributed by atoms with Gasteiger partial charge in [0.1, 0.15) is 24.4 Å². The van der Waals surface area contributed by atoms with E-state index in [2.05, 4.69) is 9.98 Å². The van der Waals surface area contributed by atoms with Crippen LogP contribution in [0.15, 0.2) is 21.8 Å². The molecular weight excluding hydrogens is 234 g/mol. The molecule has 0 spiro atoms. The Bertz CT molecular complexity index is 376. The highest BCUT2D eigenvalue weighted by molar-refractivity contribution is 5.89. The van der Waals surface area contributed by atoms with Gasteiger partial charge in [-0.1, -0.05) is 0 Å². The molecule has 1 N–H and O–H groups in total. The molecule has 0 amide bonds. The van der Waals surface area contributed by atoms with E-state index in [0.29, 0.717) is 13.0 Å². The highest BCUT2D eigenvalue weighted by atomic mass is 16.4. The summed E-state index contributed by atoms with van der Waals surface area (Å²) in [6, 6.07) is -0.298. The molecule has 0 saturated heterocycles. The zero-order valence-corrected chi connectivity index (χ0v) is 10.3. The van der Waals surface area contributed by atoms with E-state index in [1.54, 1.807) is 24.2 Å². The first-order chi connectivity index (χ1) is 8.65. The molecule has 1 aliphatic rings. The highest BCUT2D eigenvalue weighted by Crippen LogP contribution is 2.08. The zero-order valence-electron chi connectivity index (χ0n) is 10.3. The minimum Gasteiger partial charge on any atom is -0.477 e. The lowest BCUT2D eigenvalue weighted by Gasteiger charge is -2.19. The number of unbranched alkanes of at least 4 members (excludes halogenated alkanes) is 2. The number of carboxylic acid groups (broad SMARTS) is 1. The average molecular weight is 251 g/mol. The molecule has 0 saturated carbocycles. The standard InChI is InChI=1S/C12H17N3O3/c1-15(5-3-2-4-6-16)11(12(17)18)7-10-8-13-9-14-10/h6-10H,2-5H2,1H3,(H,17,18)/b11-7+. The Morgan fingerprint density at radius 3 is 2.83 bits per heavy atom. The summed E-state index contributed by atoms with van der Waals surface area (Å²) in [4.78, 5) is 30.8. The van der Waals surface area contributed by atoms with Gasteiger partial charge in [-0.05, 0) is 18.9 Å². The van der Waals surface area contributed by atoms with Crippen molar-refractivity contribution in [3.05, 3.63) is 11.8 Å². The Labute approximate surface area is 106 Å². The lowest BCUT2D eigenvalue weighted by molar-refractivity contribution is -0.134. The minimum absolute atomic E-state index is 0.205. The fraction of sp³-hybridized carbons (Fsp3) is 0.500. The largest absolute Gasteiger partial charge is 0.477 e. The molecule has 6 nitrogen and oxygen atoms in total. The van der Waals surface area contributed by atoms with Crippen molar-refractivity contribution in [2.45, 2.75) is 25.3 Å². The molecule has 0 aromatic heterocycles. The average Bonchev–Trinajstić information content (AvgIpc) is 2.84. The summed E-state index contributed by atoms with van der Waals surface area (Å²) in [6.45, 7) is 0.597. The number of aliphatic carboxylic acids is 1. The van der Waals surface area contributed by atoms with Crippen LogP contribution in [0.25, 0.3) is 0 Å². The van der Waals surface area contributed by atoms with Crippen LogP contribution in [-0.4, -0.2) is 54.4 Å². The molecule has 98 valence electrons. The number of hydrogen-bond donors (Lipinski definition) is 1. The van der Waals surface area contributed by atoms with Crippen molar-refractivity contribution in [1.82, 2.24) is 4.90 Å². The minimum atomic E-state index is -0.983. The third kappa shape index (κ3) is 4.48. The van der Waals surface area contributed by atoms with Crippen molar-refractivity contribution >= 4 is 24.8 Å². The fourth-order valence-corrected chi connectivity index (χ4v) is 1.59. The van der Waals surface area contributed by atoms with Gasteiger partial charge >= 0.3 is 5.97 Å². The smallest absolute Gasteiger partial charge is 0.351 e. The van der Waals surface area contributed by atoms with Gasteiger partial charge in [0.2, 0.25) is 0 Å². The summed E-state index contributed by atoms with van der Waals surface area (Å²) in [5.41, 5.74) is 0.205. The molecule has 18 heavy (non-hydrogen) atoms. The van der Waals surface area contributed by atoms with E-state index in [4.69, 9.17) is 5.11 Å². The third-order valence-electron chi connectivity index (χ3n) is 2.57. The topological polar surface area (TPSA) is 82.3 Å². The second kappa shape index (κ2) is 7.37. The Morgan fingerprint density at radius 2 is 2.28 bits per heavy atom. The number of nitrogens with zero attached hydrogens (tertiary/aromatic N) is 3. The van der Waals surface area contributed by atoms with E-state index in [1.165, 1.54) is 6.34 Å². The molecule has 0 aliphatic carbocycles. The molecule has 0 radical (unpaired) electrons. The molecule has 0 aromatic carbocycles.